The summed E-state index contributed by atoms with van der Waals surface area (Å²) in [7, 11) is 0.633. The molecular formula is C17H20ClNO5S. The van der Waals surface area contributed by atoms with Crippen LogP contribution in [0.5, 0.6) is 17.2 Å². The lowest BCUT2D eigenvalue weighted by Crippen LogP contribution is -2.31. The van der Waals surface area contributed by atoms with Crippen LogP contribution in [-0.4, -0.2) is 47.1 Å². The Morgan fingerprint density at radius 1 is 1.00 bits per heavy atom. The van der Waals surface area contributed by atoms with Crippen LogP contribution in [0, 0.1) is 0 Å². The molecule has 0 bridgehead atoms. The number of methoxy groups -OCH3 is 2. The number of halogens is 1. The lowest BCUT2D eigenvalue weighted by molar-refractivity contribution is 0.286. The molecule has 0 aromatic heterocycles. The van der Waals surface area contributed by atoms with Crippen LogP contribution < -0.4 is 14.2 Å². The number of sulfonamides is 1. The Kier molecular flexibility index (Phi) is 6.52. The van der Waals surface area contributed by atoms with Gasteiger partial charge in [0.2, 0.25) is 10.0 Å². The normalized spacial score (nSPS) is 11.4. The molecule has 0 unspecified atom stereocenters. The lowest BCUT2D eigenvalue weighted by Gasteiger charge is -2.19. The number of likely N-dealkylation sites (N-methyl/N-ethyl adjacent to an activating group) is 1. The van der Waals surface area contributed by atoms with Crippen LogP contribution in [0.1, 0.15) is 0 Å². The molecule has 0 radical (unpaired) electrons. The minimum atomic E-state index is -3.75. The van der Waals surface area contributed by atoms with E-state index in [1.54, 1.807) is 36.4 Å². The molecule has 0 saturated heterocycles. The number of benzene rings is 2. The standard InChI is InChI=1S/C17H20ClNO5S/c1-19(10-11-24-14-6-4-13(18)5-7-14)25(20,21)17-12-15(22-2)8-9-16(17)23-3/h4-9,12H,10-11H2,1-3H3. The Morgan fingerprint density at radius 2 is 1.64 bits per heavy atom. The van der Waals surface area contributed by atoms with Crippen molar-refractivity contribution in [1.82, 2.24) is 4.31 Å². The summed E-state index contributed by atoms with van der Waals surface area (Å²) in [5, 5.41) is 0.608. The highest BCUT2D eigenvalue weighted by Crippen LogP contribution is 2.30. The molecule has 0 fully saturated rings. The van der Waals surface area contributed by atoms with E-state index < -0.39 is 10.0 Å². The van der Waals surface area contributed by atoms with E-state index >= 15 is 0 Å². The largest absolute Gasteiger partial charge is 0.497 e. The first-order chi connectivity index (χ1) is 11.9. The van der Waals surface area contributed by atoms with Gasteiger partial charge in [0.1, 0.15) is 28.8 Å². The summed E-state index contributed by atoms with van der Waals surface area (Å²) < 4.78 is 42.6. The molecule has 0 saturated carbocycles. The van der Waals surface area contributed by atoms with E-state index in [-0.39, 0.29) is 23.8 Å². The highest BCUT2D eigenvalue weighted by molar-refractivity contribution is 7.89. The highest BCUT2D eigenvalue weighted by atomic mass is 35.5. The molecule has 2 rings (SSSR count). The van der Waals surface area contributed by atoms with Gasteiger partial charge >= 0.3 is 0 Å². The third-order valence-electron chi connectivity index (χ3n) is 3.55. The van der Waals surface area contributed by atoms with Crippen LogP contribution in [0.15, 0.2) is 47.4 Å². The Labute approximate surface area is 152 Å². The summed E-state index contributed by atoms with van der Waals surface area (Å²) in [6.45, 7) is 0.370. The van der Waals surface area contributed by atoms with E-state index in [2.05, 4.69) is 0 Å². The SMILES string of the molecule is COc1ccc(OC)c(S(=O)(=O)N(C)CCOc2ccc(Cl)cc2)c1. The smallest absolute Gasteiger partial charge is 0.246 e. The fourth-order valence-electron chi connectivity index (χ4n) is 2.10. The van der Waals surface area contributed by atoms with Crippen LogP contribution in [0.25, 0.3) is 0 Å². The van der Waals surface area contributed by atoms with E-state index in [0.29, 0.717) is 16.5 Å². The predicted molar refractivity (Wildman–Crippen MR) is 96.3 cm³/mol. The number of nitrogens with zero attached hydrogens (tertiary/aromatic N) is 1. The van der Waals surface area contributed by atoms with Gasteiger partial charge in [0, 0.05) is 24.7 Å². The average molecular weight is 386 g/mol. The first-order valence-electron chi connectivity index (χ1n) is 7.45. The Hall–Kier alpha value is -1.96. The molecule has 136 valence electrons. The summed E-state index contributed by atoms with van der Waals surface area (Å²) in [4.78, 5) is 0.0448. The zero-order chi connectivity index (χ0) is 18.4. The highest BCUT2D eigenvalue weighted by Gasteiger charge is 2.25. The number of ether oxygens (including phenoxy) is 3. The molecular weight excluding hydrogens is 366 g/mol. The average Bonchev–Trinajstić information content (AvgIpc) is 2.62. The van der Waals surface area contributed by atoms with E-state index in [9.17, 15) is 8.42 Å². The molecule has 25 heavy (non-hydrogen) atoms. The first-order valence-corrected chi connectivity index (χ1v) is 9.27. The Morgan fingerprint density at radius 3 is 2.24 bits per heavy atom. The van der Waals surface area contributed by atoms with Crippen molar-refractivity contribution in [3.8, 4) is 17.2 Å². The Bertz CT molecular complexity index is 808. The third kappa shape index (κ3) is 4.78. The summed E-state index contributed by atoms with van der Waals surface area (Å²) in [6.07, 6.45) is 0. The number of hydrogen-bond donors (Lipinski definition) is 0. The van der Waals surface area contributed by atoms with E-state index in [1.165, 1.54) is 31.6 Å². The van der Waals surface area contributed by atoms with E-state index in [0.717, 1.165) is 0 Å². The Balaban J connectivity index is 2.09. The molecule has 2 aromatic rings. The summed E-state index contributed by atoms with van der Waals surface area (Å²) in [6, 6.07) is 11.5. The second kappa shape index (κ2) is 8.42. The second-order valence-electron chi connectivity index (χ2n) is 5.15. The van der Waals surface area contributed by atoms with Crippen molar-refractivity contribution in [2.75, 3.05) is 34.4 Å². The van der Waals surface area contributed by atoms with Crippen LogP contribution in [0.3, 0.4) is 0 Å². The van der Waals surface area contributed by atoms with Crippen molar-refractivity contribution in [2.24, 2.45) is 0 Å². The van der Waals surface area contributed by atoms with E-state index in [1.807, 2.05) is 0 Å². The van der Waals surface area contributed by atoms with Crippen LogP contribution in [0.4, 0.5) is 0 Å². The molecule has 0 N–H and O–H groups in total. The fraction of sp³-hybridized carbons (Fsp3) is 0.294. The molecule has 0 atom stereocenters. The first kappa shape index (κ1) is 19.4. The fourth-order valence-corrected chi connectivity index (χ4v) is 3.54. The molecule has 0 aliphatic carbocycles. The predicted octanol–water partition coefficient (Wildman–Crippen LogP) is 3.06. The van der Waals surface area contributed by atoms with Gasteiger partial charge in [0.25, 0.3) is 0 Å². The lowest BCUT2D eigenvalue weighted by atomic mass is 10.3. The van der Waals surface area contributed by atoms with Crippen molar-refractivity contribution in [1.29, 1.82) is 0 Å². The monoisotopic (exact) mass is 385 g/mol. The topological polar surface area (TPSA) is 65.1 Å². The molecule has 2 aromatic carbocycles. The maximum absolute atomic E-state index is 12.8. The van der Waals surface area contributed by atoms with Crippen LogP contribution >= 0.6 is 11.6 Å². The zero-order valence-corrected chi connectivity index (χ0v) is 15.8. The van der Waals surface area contributed by atoms with Crippen LogP contribution in [0.2, 0.25) is 5.02 Å². The maximum Gasteiger partial charge on any atom is 0.246 e. The maximum atomic E-state index is 12.8. The van der Waals surface area contributed by atoms with Crippen LogP contribution in [-0.2, 0) is 10.0 Å². The number of rotatable bonds is 8. The second-order valence-corrected chi connectivity index (χ2v) is 7.60. The van der Waals surface area contributed by atoms with Gasteiger partial charge in [0.15, 0.2) is 0 Å². The molecule has 0 heterocycles. The minimum Gasteiger partial charge on any atom is -0.497 e. The van der Waals surface area contributed by atoms with Crippen molar-refractivity contribution in [3.05, 3.63) is 47.5 Å². The molecule has 0 amide bonds. The minimum absolute atomic E-state index is 0.0448. The van der Waals surface area contributed by atoms with E-state index in [4.69, 9.17) is 25.8 Å². The summed E-state index contributed by atoms with van der Waals surface area (Å²) in [5.74, 6) is 1.31. The van der Waals surface area contributed by atoms with Crippen molar-refractivity contribution >= 4 is 21.6 Å². The van der Waals surface area contributed by atoms with Gasteiger partial charge < -0.3 is 14.2 Å². The summed E-state index contributed by atoms with van der Waals surface area (Å²) in [5.41, 5.74) is 0. The summed E-state index contributed by atoms with van der Waals surface area (Å²) >= 11 is 5.81. The molecule has 8 heteroatoms. The number of hydrogen-bond acceptors (Lipinski definition) is 5. The van der Waals surface area contributed by atoms with Gasteiger partial charge in [-0.1, -0.05) is 11.6 Å². The van der Waals surface area contributed by atoms with Crippen molar-refractivity contribution in [3.63, 3.8) is 0 Å². The molecule has 6 nitrogen and oxygen atoms in total. The van der Waals surface area contributed by atoms with Gasteiger partial charge in [-0.05, 0) is 36.4 Å². The third-order valence-corrected chi connectivity index (χ3v) is 5.68. The molecule has 0 spiro atoms. The molecule has 0 aliphatic heterocycles. The quantitative estimate of drug-likeness (QED) is 0.698. The molecule has 0 aliphatic rings. The van der Waals surface area contributed by atoms with Crippen molar-refractivity contribution < 1.29 is 22.6 Å². The van der Waals surface area contributed by atoms with Crippen molar-refractivity contribution in [2.45, 2.75) is 4.90 Å². The van der Waals surface area contributed by atoms with Gasteiger partial charge in [-0.25, -0.2) is 8.42 Å². The zero-order valence-electron chi connectivity index (χ0n) is 14.2. The van der Waals surface area contributed by atoms with Gasteiger partial charge in [-0.15, -0.1) is 0 Å². The van der Waals surface area contributed by atoms with Gasteiger partial charge in [-0.3, -0.25) is 0 Å². The van der Waals surface area contributed by atoms with Gasteiger partial charge in [-0.2, -0.15) is 4.31 Å². The van der Waals surface area contributed by atoms with Gasteiger partial charge in [0.05, 0.1) is 14.2 Å².